The summed E-state index contributed by atoms with van der Waals surface area (Å²) in [6.45, 7) is 1.98. The number of nitrogens with zero attached hydrogens (tertiary/aromatic N) is 1. The van der Waals surface area contributed by atoms with E-state index in [2.05, 4.69) is 5.32 Å². The van der Waals surface area contributed by atoms with Crippen LogP contribution in [0.5, 0.6) is 5.75 Å². The highest BCUT2D eigenvalue weighted by Gasteiger charge is 2.67. The summed E-state index contributed by atoms with van der Waals surface area (Å²) >= 11 is 0. The van der Waals surface area contributed by atoms with Crippen molar-refractivity contribution in [3.8, 4) is 5.75 Å². The minimum atomic E-state index is -1.03. The van der Waals surface area contributed by atoms with Crippen molar-refractivity contribution in [1.82, 2.24) is 5.32 Å². The number of amides is 3. The van der Waals surface area contributed by atoms with Gasteiger partial charge < -0.3 is 14.8 Å². The van der Waals surface area contributed by atoms with E-state index in [0.717, 1.165) is 5.56 Å². The molecule has 2 aromatic carbocycles. The van der Waals surface area contributed by atoms with Gasteiger partial charge in [0.25, 0.3) is 5.91 Å². The lowest BCUT2D eigenvalue weighted by atomic mass is 9.77. The summed E-state index contributed by atoms with van der Waals surface area (Å²) in [5.41, 5.74) is 0.901. The van der Waals surface area contributed by atoms with E-state index in [0.29, 0.717) is 17.0 Å². The van der Waals surface area contributed by atoms with Crippen LogP contribution in [0.1, 0.15) is 15.9 Å². The quantitative estimate of drug-likeness (QED) is 0.595. The number of aryl methyl sites for hydroxylation is 1. The smallest absolute Gasteiger partial charge is 0.251 e. The summed E-state index contributed by atoms with van der Waals surface area (Å²) in [6.07, 6.45) is 3.18. The van der Waals surface area contributed by atoms with Crippen LogP contribution in [0.15, 0.2) is 60.7 Å². The molecule has 2 fully saturated rings. The zero-order chi connectivity index (χ0) is 21.8. The lowest BCUT2D eigenvalue weighted by Crippen LogP contribution is -2.48. The van der Waals surface area contributed by atoms with Crippen LogP contribution in [0, 0.1) is 18.8 Å². The number of fused-ring (bicyclic) bond motifs is 5. The molecule has 7 nitrogen and oxygen atoms in total. The standard InChI is InChI=1S/C24H22N2O5/c1-14-5-3-4-6-17(14)26-22(28)19-18-11-12-24(31-18,20(19)23(26)29)13-25-21(27)15-7-9-16(30-2)10-8-15/h3-12,18-20H,13H2,1-2H3,(H,25,27). The van der Waals surface area contributed by atoms with Crippen LogP contribution in [0.4, 0.5) is 5.69 Å². The van der Waals surface area contributed by atoms with Gasteiger partial charge in [-0.15, -0.1) is 0 Å². The number of methoxy groups -OCH3 is 1. The summed E-state index contributed by atoms with van der Waals surface area (Å²) in [5.74, 6) is -1.39. The van der Waals surface area contributed by atoms with E-state index in [1.165, 1.54) is 4.90 Å². The molecule has 3 aliphatic rings. The molecule has 0 radical (unpaired) electrons. The third-order valence-corrected chi connectivity index (χ3v) is 6.39. The second-order valence-electron chi connectivity index (χ2n) is 8.11. The van der Waals surface area contributed by atoms with Crippen LogP contribution in [-0.2, 0) is 14.3 Å². The lowest BCUT2D eigenvalue weighted by molar-refractivity contribution is -0.126. The van der Waals surface area contributed by atoms with Crippen molar-refractivity contribution in [2.24, 2.45) is 11.8 Å². The predicted molar refractivity (Wildman–Crippen MR) is 113 cm³/mol. The molecule has 0 saturated carbocycles. The Kier molecular flexibility index (Phi) is 4.44. The van der Waals surface area contributed by atoms with Crippen LogP contribution < -0.4 is 15.0 Å². The SMILES string of the molecule is COc1ccc(C(=O)NCC23C=CC(O2)C2C(=O)N(c4ccccc4C)C(=O)C23)cc1. The van der Waals surface area contributed by atoms with Crippen LogP contribution in [0.2, 0.25) is 0 Å². The Morgan fingerprint density at radius 1 is 1.13 bits per heavy atom. The number of imide groups is 1. The molecule has 2 aromatic rings. The second kappa shape index (κ2) is 7.06. The van der Waals surface area contributed by atoms with E-state index in [4.69, 9.17) is 9.47 Å². The van der Waals surface area contributed by atoms with Gasteiger partial charge in [-0.1, -0.05) is 30.4 Å². The Morgan fingerprint density at radius 3 is 2.58 bits per heavy atom. The average Bonchev–Trinajstić information content (AvgIpc) is 3.43. The molecule has 4 unspecified atom stereocenters. The van der Waals surface area contributed by atoms with Crippen molar-refractivity contribution < 1.29 is 23.9 Å². The monoisotopic (exact) mass is 418 g/mol. The van der Waals surface area contributed by atoms with Gasteiger partial charge in [-0.3, -0.25) is 14.4 Å². The summed E-state index contributed by atoms with van der Waals surface area (Å²) in [5, 5.41) is 2.87. The first-order valence-corrected chi connectivity index (χ1v) is 10.2. The number of rotatable bonds is 5. The van der Waals surface area contributed by atoms with Crippen LogP contribution in [-0.4, -0.2) is 43.1 Å². The van der Waals surface area contributed by atoms with Gasteiger partial charge in [-0.2, -0.15) is 0 Å². The molecule has 3 aliphatic heterocycles. The number of ether oxygens (including phenoxy) is 2. The van der Waals surface area contributed by atoms with Crippen LogP contribution >= 0.6 is 0 Å². The van der Waals surface area contributed by atoms with E-state index in [9.17, 15) is 14.4 Å². The Labute approximate surface area is 179 Å². The van der Waals surface area contributed by atoms with Crippen molar-refractivity contribution in [1.29, 1.82) is 0 Å². The largest absolute Gasteiger partial charge is 0.497 e. The molecule has 3 heterocycles. The highest BCUT2D eigenvalue weighted by Crippen LogP contribution is 2.52. The second-order valence-corrected chi connectivity index (χ2v) is 8.11. The maximum absolute atomic E-state index is 13.4. The fraction of sp³-hybridized carbons (Fsp3) is 0.292. The van der Waals surface area contributed by atoms with Crippen molar-refractivity contribution in [2.75, 3.05) is 18.6 Å². The van der Waals surface area contributed by atoms with Crippen LogP contribution in [0.25, 0.3) is 0 Å². The molecular weight excluding hydrogens is 396 g/mol. The summed E-state index contributed by atoms with van der Waals surface area (Å²) in [4.78, 5) is 40.5. The molecule has 4 atom stereocenters. The Balaban J connectivity index is 1.38. The van der Waals surface area contributed by atoms with E-state index in [1.54, 1.807) is 37.4 Å². The fourth-order valence-electron chi connectivity index (χ4n) is 4.82. The molecule has 158 valence electrons. The fourth-order valence-corrected chi connectivity index (χ4v) is 4.82. The molecule has 2 bridgehead atoms. The molecule has 7 heteroatoms. The van der Waals surface area contributed by atoms with Gasteiger partial charge in [-0.25, -0.2) is 4.90 Å². The van der Waals surface area contributed by atoms with E-state index >= 15 is 0 Å². The average molecular weight is 418 g/mol. The van der Waals surface area contributed by atoms with Crippen molar-refractivity contribution in [2.45, 2.75) is 18.6 Å². The third kappa shape index (κ3) is 2.88. The zero-order valence-corrected chi connectivity index (χ0v) is 17.2. The van der Waals surface area contributed by atoms with Crippen LogP contribution in [0.3, 0.4) is 0 Å². The molecule has 5 rings (SSSR count). The maximum atomic E-state index is 13.4. The first-order chi connectivity index (χ1) is 14.9. The number of para-hydroxylation sites is 1. The van der Waals surface area contributed by atoms with Gasteiger partial charge in [0.2, 0.25) is 11.8 Å². The molecule has 0 aromatic heterocycles. The Hall–Kier alpha value is -3.45. The number of hydrogen-bond donors (Lipinski definition) is 1. The number of carbonyl (C=O) groups excluding carboxylic acids is 3. The molecule has 3 amide bonds. The van der Waals surface area contributed by atoms with Crippen molar-refractivity contribution >= 4 is 23.4 Å². The normalized spacial score (nSPS) is 28.2. The van der Waals surface area contributed by atoms with Gasteiger partial charge >= 0.3 is 0 Å². The van der Waals surface area contributed by atoms with Gasteiger partial charge in [0.1, 0.15) is 11.4 Å². The first kappa shape index (κ1) is 19.5. The highest BCUT2D eigenvalue weighted by atomic mass is 16.5. The Morgan fingerprint density at radius 2 is 1.87 bits per heavy atom. The number of benzene rings is 2. The number of carbonyl (C=O) groups is 3. The summed E-state index contributed by atoms with van der Waals surface area (Å²) in [6, 6.07) is 14.1. The van der Waals surface area contributed by atoms with Gasteiger partial charge in [0.05, 0.1) is 37.3 Å². The molecule has 31 heavy (non-hydrogen) atoms. The molecule has 0 spiro atoms. The molecule has 0 aliphatic carbocycles. The minimum absolute atomic E-state index is 0.104. The summed E-state index contributed by atoms with van der Waals surface area (Å²) < 4.78 is 11.2. The van der Waals surface area contributed by atoms with Gasteiger partial charge in [-0.05, 0) is 42.8 Å². The first-order valence-electron chi connectivity index (χ1n) is 10.2. The molecule has 1 N–H and O–H groups in total. The van der Waals surface area contributed by atoms with E-state index in [-0.39, 0.29) is 24.3 Å². The predicted octanol–water partition coefficient (Wildman–Crippen LogP) is 2.25. The highest BCUT2D eigenvalue weighted by molar-refractivity contribution is 6.23. The zero-order valence-electron chi connectivity index (χ0n) is 17.2. The van der Waals surface area contributed by atoms with Gasteiger partial charge in [0.15, 0.2) is 0 Å². The number of nitrogens with one attached hydrogen (secondary N) is 1. The molecule has 2 saturated heterocycles. The minimum Gasteiger partial charge on any atom is -0.497 e. The third-order valence-electron chi connectivity index (χ3n) is 6.39. The maximum Gasteiger partial charge on any atom is 0.251 e. The molecular formula is C24H22N2O5. The van der Waals surface area contributed by atoms with Gasteiger partial charge in [0, 0.05) is 5.56 Å². The van der Waals surface area contributed by atoms with Crippen molar-refractivity contribution in [3.63, 3.8) is 0 Å². The Bertz CT molecular complexity index is 1110. The van der Waals surface area contributed by atoms with E-state index < -0.39 is 23.5 Å². The number of hydrogen-bond acceptors (Lipinski definition) is 5. The summed E-state index contributed by atoms with van der Waals surface area (Å²) in [7, 11) is 1.56. The van der Waals surface area contributed by atoms with E-state index in [1.807, 2.05) is 37.3 Å². The van der Waals surface area contributed by atoms with Crippen molar-refractivity contribution in [3.05, 3.63) is 71.8 Å². The topological polar surface area (TPSA) is 84.9 Å². The number of anilines is 1. The lowest BCUT2D eigenvalue weighted by Gasteiger charge is -2.29.